The van der Waals surface area contributed by atoms with Gasteiger partial charge in [0.2, 0.25) is 11.7 Å². The molecule has 0 aromatic carbocycles. The summed E-state index contributed by atoms with van der Waals surface area (Å²) in [6.45, 7) is 4.44. The molecule has 132 valence electrons. The zero-order valence-electron chi connectivity index (χ0n) is 13.7. The Morgan fingerprint density at radius 2 is 2.20 bits per heavy atom. The van der Waals surface area contributed by atoms with Crippen molar-refractivity contribution in [1.82, 2.24) is 20.1 Å². The molecule has 0 unspecified atom stereocenters. The highest BCUT2D eigenvalue weighted by molar-refractivity contribution is 9.10. The van der Waals surface area contributed by atoms with Crippen LogP contribution in [-0.2, 0) is 11.3 Å². The van der Waals surface area contributed by atoms with Gasteiger partial charge in [0.05, 0.1) is 18.6 Å². The molecule has 3 heterocycles. The van der Waals surface area contributed by atoms with Crippen LogP contribution in [-0.4, -0.2) is 26.4 Å². The van der Waals surface area contributed by atoms with Gasteiger partial charge < -0.3 is 14.2 Å². The standard InChI is InChI=1S/C16H17BrN4O3S/c1-10(2)21-15(12-5-6-13(17)24-12)19-20-16(21)25-9-14(22)18-8-11-4-3-7-23-11/h3-7,10H,8-9H2,1-2H3,(H,18,22). The Balaban J connectivity index is 1.66. The highest BCUT2D eigenvalue weighted by Gasteiger charge is 2.20. The van der Waals surface area contributed by atoms with Gasteiger partial charge in [-0.2, -0.15) is 0 Å². The molecule has 0 aliphatic rings. The maximum absolute atomic E-state index is 12.0. The topological polar surface area (TPSA) is 86.1 Å². The number of hydrogen-bond donors (Lipinski definition) is 1. The third kappa shape index (κ3) is 4.35. The summed E-state index contributed by atoms with van der Waals surface area (Å²) in [6, 6.07) is 7.37. The van der Waals surface area contributed by atoms with Gasteiger partial charge in [-0.05, 0) is 54.0 Å². The fourth-order valence-electron chi connectivity index (χ4n) is 2.22. The molecule has 0 bridgehead atoms. The zero-order valence-corrected chi connectivity index (χ0v) is 16.1. The van der Waals surface area contributed by atoms with Gasteiger partial charge in [-0.15, -0.1) is 10.2 Å². The minimum Gasteiger partial charge on any atom is -0.467 e. The van der Waals surface area contributed by atoms with Crippen molar-refractivity contribution in [2.75, 3.05) is 5.75 Å². The van der Waals surface area contributed by atoms with Crippen LogP contribution >= 0.6 is 27.7 Å². The van der Waals surface area contributed by atoms with E-state index in [1.54, 1.807) is 12.3 Å². The lowest BCUT2D eigenvalue weighted by atomic mass is 10.3. The Labute approximate surface area is 157 Å². The average Bonchev–Trinajstić information content (AvgIpc) is 3.30. The van der Waals surface area contributed by atoms with E-state index in [0.717, 1.165) is 5.76 Å². The van der Waals surface area contributed by atoms with E-state index in [9.17, 15) is 4.79 Å². The van der Waals surface area contributed by atoms with Gasteiger partial charge in [0.1, 0.15) is 5.76 Å². The van der Waals surface area contributed by atoms with Crippen LogP contribution in [0.2, 0.25) is 0 Å². The van der Waals surface area contributed by atoms with Gasteiger partial charge in [0, 0.05) is 6.04 Å². The number of rotatable bonds is 7. The number of nitrogens with zero attached hydrogens (tertiary/aromatic N) is 3. The largest absolute Gasteiger partial charge is 0.467 e. The lowest BCUT2D eigenvalue weighted by Crippen LogP contribution is -2.24. The Morgan fingerprint density at radius 1 is 1.36 bits per heavy atom. The maximum atomic E-state index is 12.0. The Kier molecular flexibility index (Phi) is 5.64. The van der Waals surface area contributed by atoms with Crippen LogP contribution in [0.25, 0.3) is 11.6 Å². The fraction of sp³-hybridized carbons (Fsp3) is 0.312. The van der Waals surface area contributed by atoms with E-state index in [1.807, 2.05) is 36.6 Å². The second kappa shape index (κ2) is 7.92. The number of thioether (sulfide) groups is 1. The molecule has 0 aliphatic heterocycles. The van der Waals surface area contributed by atoms with Crippen molar-refractivity contribution in [3.8, 4) is 11.6 Å². The third-order valence-corrected chi connectivity index (χ3v) is 4.72. The van der Waals surface area contributed by atoms with Crippen LogP contribution < -0.4 is 5.32 Å². The van der Waals surface area contributed by atoms with Crippen LogP contribution in [0, 0.1) is 0 Å². The van der Waals surface area contributed by atoms with Gasteiger partial charge in [0.15, 0.2) is 15.6 Å². The van der Waals surface area contributed by atoms with E-state index in [-0.39, 0.29) is 17.7 Å². The summed E-state index contributed by atoms with van der Waals surface area (Å²) >= 11 is 4.63. The van der Waals surface area contributed by atoms with E-state index in [4.69, 9.17) is 8.83 Å². The van der Waals surface area contributed by atoms with Gasteiger partial charge in [-0.1, -0.05) is 11.8 Å². The van der Waals surface area contributed by atoms with Crippen molar-refractivity contribution >= 4 is 33.6 Å². The molecule has 1 amide bonds. The van der Waals surface area contributed by atoms with Crippen molar-refractivity contribution in [3.05, 3.63) is 41.0 Å². The molecular formula is C16H17BrN4O3S. The van der Waals surface area contributed by atoms with Crippen molar-refractivity contribution < 1.29 is 13.6 Å². The first-order valence-electron chi connectivity index (χ1n) is 7.67. The van der Waals surface area contributed by atoms with Crippen molar-refractivity contribution in [1.29, 1.82) is 0 Å². The molecule has 0 aliphatic carbocycles. The summed E-state index contributed by atoms with van der Waals surface area (Å²) in [5.74, 6) is 2.13. The Hall–Kier alpha value is -2.00. The normalized spacial score (nSPS) is 11.2. The predicted molar refractivity (Wildman–Crippen MR) is 97.1 cm³/mol. The molecule has 7 nitrogen and oxygen atoms in total. The number of halogens is 1. The molecule has 1 N–H and O–H groups in total. The first-order chi connectivity index (χ1) is 12.0. The number of amides is 1. The summed E-state index contributed by atoms with van der Waals surface area (Å²) in [5.41, 5.74) is 0. The number of furan rings is 2. The van der Waals surface area contributed by atoms with Gasteiger partial charge in [-0.25, -0.2) is 0 Å². The quantitative estimate of drug-likeness (QED) is 0.579. The van der Waals surface area contributed by atoms with Crippen LogP contribution in [0.3, 0.4) is 0 Å². The number of nitrogens with one attached hydrogen (secondary N) is 1. The van der Waals surface area contributed by atoms with Crippen LogP contribution in [0.1, 0.15) is 25.6 Å². The average molecular weight is 425 g/mol. The van der Waals surface area contributed by atoms with E-state index in [1.165, 1.54) is 11.8 Å². The highest BCUT2D eigenvalue weighted by atomic mass is 79.9. The summed E-state index contributed by atoms with van der Waals surface area (Å²) in [6.07, 6.45) is 1.58. The van der Waals surface area contributed by atoms with Gasteiger partial charge >= 0.3 is 0 Å². The maximum Gasteiger partial charge on any atom is 0.230 e. The molecule has 3 aromatic heterocycles. The first-order valence-corrected chi connectivity index (χ1v) is 9.45. The molecule has 3 rings (SSSR count). The summed E-state index contributed by atoms with van der Waals surface area (Å²) in [7, 11) is 0. The Morgan fingerprint density at radius 3 is 2.84 bits per heavy atom. The number of carbonyl (C=O) groups excluding carboxylic acids is 1. The molecule has 0 atom stereocenters. The van der Waals surface area contributed by atoms with E-state index >= 15 is 0 Å². The van der Waals surface area contributed by atoms with Crippen molar-refractivity contribution in [3.63, 3.8) is 0 Å². The Bertz CT molecular complexity index is 842. The smallest absolute Gasteiger partial charge is 0.230 e. The molecule has 0 saturated carbocycles. The summed E-state index contributed by atoms with van der Waals surface area (Å²) < 4.78 is 13.3. The molecule has 9 heteroatoms. The molecule has 25 heavy (non-hydrogen) atoms. The molecule has 3 aromatic rings. The van der Waals surface area contributed by atoms with Crippen molar-refractivity contribution in [2.45, 2.75) is 31.6 Å². The van der Waals surface area contributed by atoms with Crippen LogP contribution in [0.4, 0.5) is 0 Å². The SMILES string of the molecule is CC(C)n1c(SCC(=O)NCc2ccco2)nnc1-c1ccc(Br)o1. The minimum absolute atomic E-state index is 0.0954. The zero-order chi connectivity index (χ0) is 17.8. The summed E-state index contributed by atoms with van der Waals surface area (Å²) in [4.78, 5) is 12.0. The molecule has 0 radical (unpaired) electrons. The minimum atomic E-state index is -0.0954. The molecule has 0 fully saturated rings. The first kappa shape index (κ1) is 17.8. The monoisotopic (exact) mass is 424 g/mol. The lowest BCUT2D eigenvalue weighted by molar-refractivity contribution is -0.118. The molecule has 0 spiro atoms. The highest BCUT2D eigenvalue weighted by Crippen LogP contribution is 2.29. The fourth-order valence-corrected chi connectivity index (χ4v) is 3.43. The van der Waals surface area contributed by atoms with E-state index < -0.39 is 0 Å². The van der Waals surface area contributed by atoms with Gasteiger partial charge in [0.25, 0.3) is 0 Å². The lowest BCUT2D eigenvalue weighted by Gasteiger charge is -2.12. The third-order valence-electron chi connectivity index (χ3n) is 3.35. The van der Waals surface area contributed by atoms with E-state index in [2.05, 4.69) is 31.4 Å². The second-order valence-electron chi connectivity index (χ2n) is 5.52. The van der Waals surface area contributed by atoms with Gasteiger partial charge in [-0.3, -0.25) is 9.36 Å². The predicted octanol–water partition coefficient (Wildman–Crippen LogP) is 3.88. The number of aromatic nitrogens is 3. The number of carbonyl (C=O) groups is 1. The van der Waals surface area contributed by atoms with Crippen molar-refractivity contribution in [2.24, 2.45) is 0 Å². The van der Waals surface area contributed by atoms with E-state index in [0.29, 0.717) is 28.0 Å². The molecule has 0 saturated heterocycles. The van der Waals surface area contributed by atoms with Crippen LogP contribution in [0.5, 0.6) is 0 Å². The van der Waals surface area contributed by atoms with Crippen LogP contribution in [0.15, 0.2) is 49.2 Å². The molecular weight excluding hydrogens is 408 g/mol. The second-order valence-corrected chi connectivity index (χ2v) is 7.24. The number of hydrogen-bond acceptors (Lipinski definition) is 6. The summed E-state index contributed by atoms with van der Waals surface area (Å²) in [5, 5.41) is 11.9.